The van der Waals surface area contributed by atoms with E-state index in [-0.39, 0.29) is 17.6 Å². The Kier molecular flexibility index (Phi) is 4.30. The van der Waals surface area contributed by atoms with Crippen molar-refractivity contribution in [1.82, 2.24) is 5.43 Å². The Hall–Kier alpha value is -1.43. The highest BCUT2D eigenvalue weighted by atomic mass is 32.1. The molecule has 2 rings (SSSR count). The van der Waals surface area contributed by atoms with Gasteiger partial charge in [-0.3, -0.25) is 11.3 Å². The van der Waals surface area contributed by atoms with Crippen molar-refractivity contribution in [1.29, 1.82) is 0 Å². The van der Waals surface area contributed by atoms with Crippen LogP contribution in [0.1, 0.15) is 16.5 Å². The normalized spacial score (nSPS) is 12.4. The number of thiophene rings is 1. The third-order valence-electron chi connectivity index (χ3n) is 2.78. The van der Waals surface area contributed by atoms with Crippen molar-refractivity contribution in [2.24, 2.45) is 5.84 Å². The van der Waals surface area contributed by atoms with Crippen molar-refractivity contribution >= 4 is 11.3 Å². The molecule has 18 heavy (non-hydrogen) atoms. The molecule has 3 nitrogen and oxygen atoms in total. The molecule has 0 radical (unpaired) electrons. The summed E-state index contributed by atoms with van der Waals surface area (Å²) in [6.45, 7) is 0. The van der Waals surface area contributed by atoms with Crippen LogP contribution in [-0.2, 0) is 6.42 Å². The van der Waals surface area contributed by atoms with Gasteiger partial charge in [0.2, 0.25) is 0 Å². The molecule has 5 heteroatoms. The van der Waals surface area contributed by atoms with E-state index in [1.54, 1.807) is 29.5 Å². The van der Waals surface area contributed by atoms with E-state index in [2.05, 4.69) is 5.43 Å². The first-order chi connectivity index (χ1) is 8.76. The Bertz CT molecular complexity index is 502. The molecule has 0 aliphatic carbocycles. The standard InChI is InChI=1S/C13H15FN2OS/c1-17-11-5-2-4-9(13(11)14)8-10(16-15)12-6-3-7-18-12/h2-7,10,16H,8,15H2,1H3. The second-order valence-electron chi connectivity index (χ2n) is 3.87. The third kappa shape index (κ3) is 2.69. The zero-order valence-electron chi connectivity index (χ0n) is 10.0. The molecule has 1 aromatic carbocycles. The smallest absolute Gasteiger partial charge is 0.168 e. The number of nitrogens with two attached hydrogens (primary N) is 1. The number of hydrogen-bond acceptors (Lipinski definition) is 4. The fraction of sp³-hybridized carbons (Fsp3) is 0.231. The highest BCUT2D eigenvalue weighted by Gasteiger charge is 2.16. The molecule has 0 fully saturated rings. The zero-order chi connectivity index (χ0) is 13.0. The van der Waals surface area contributed by atoms with E-state index in [9.17, 15) is 4.39 Å². The molecule has 1 aromatic heterocycles. The molecule has 1 atom stereocenters. The molecular weight excluding hydrogens is 251 g/mol. The molecule has 0 aliphatic rings. The van der Waals surface area contributed by atoms with Gasteiger partial charge in [0.05, 0.1) is 13.2 Å². The maximum Gasteiger partial charge on any atom is 0.168 e. The molecule has 0 bridgehead atoms. The van der Waals surface area contributed by atoms with Crippen molar-refractivity contribution in [2.45, 2.75) is 12.5 Å². The van der Waals surface area contributed by atoms with Crippen LogP contribution >= 0.6 is 11.3 Å². The van der Waals surface area contributed by atoms with E-state index < -0.39 is 0 Å². The molecule has 1 unspecified atom stereocenters. The van der Waals surface area contributed by atoms with Gasteiger partial charge in [0, 0.05) is 4.88 Å². The van der Waals surface area contributed by atoms with Gasteiger partial charge >= 0.3 is 0 Å². The van der Waals surface area contributed by atoms with E-state index in [1.807, 2.05) is 17.5 Å². The SMILES string of the molecule is COc1cccc(CC(NN)c2cccs2)c1F. The van der Waals surface area contributed by atoms with Gasteiger partial charge in [-0.05, 0) is 29.5 Å². The van der Waals surface area contributed by atoms with E-state index in [0.717, 1.165) is 4.88 Å². The van der Waals surface area contributed by atoms with Crippen molar-refractivity contribution in [3.05, 3.63) is 52.0 Å². The number of rotatable bonds is 5. The number of halogens is 1. The number of nitrogens with one attached hydrogen (secondary N) is 1. The summed E-state index contributed by atoms with van der Waals surface area (Å²) in [5, 5.41) is 1.97. The maximum atomic E-state index is 14.0. The van der Waals surface area contributed by atoms with Crippen LogP contribution in [0.2, 0.25) is 0 Å². The van der Waals surface area contributed by atoms with Crippen LogP contribution in [0.3, 0.4) is 0 Å². The highest BCUT2D eigenvalue weighted by Crippen LogP contribution is 2.26. The average molecular weight is 266 g/mol. The van der Waals surface area contributed by atoms with Gasteiger partial charge in [0.1, 0.15) is 0 Å². The summed E-state index contributed by atoms with van der Waals surface area (Å²) >= 11 is 1.59. The number of hydrogen-bond donors (Lipinski definition) is 2. The summed E-state index contributed by atoms with van der Waals surface area (Å²) in [5.41, 5.74) is 3.31. The van der Waals surface area contributed by atoms with Gasteiger partial charge in [-0.25, -0.2) is 4.39 Å². The van der Waals surface area contributed by atoms with Crippen LogP contribution in [0.4, 0.5) is 4.39 Å². The Morgan fingerprint density at radius 3 is 2.83 bits per heavy atom. The van der Waals surface area contributed by atoms with Crippen LogP contribution in [0.5, 0.6) is 5.75 Å². The first-order valence-corrected chi connectivity index (χ1v) is 6.45. The average Bonchev–Trinajstić information content (AvgIpc) is 2.91. The fourth-order valence-electron chi connectivity index (χ4n) is 1.82. The summed E-state index contributed by atoms with van der Waals surface area (Å²) in [6, 6.07) is 8.97. The lowest BCUT2D eigenvalue weighted by molar-refractivity contribution is 0.382. The summed E-state index contributed by atoms with van der Waals surface area (Å²) < 4.78 is 19.0. The second kappa shape index (κ2) is 5.95. The van der Waals surface area contributed by atoms with Gasteiger partial charge in [0.15, 0.2) is 11.6 Å². The topological polar surface area (TPSA) is 47.3 Å². The Morgan fingerprint density at radius 1 is 1.39 bits per heavy atom. The molecule has 0 saturated carbocycles. The number of methoxy groups -OCH3 is 1. The summed E-state index contributed by atoms with van der Waals surface area (Å²) in [7, 11) is 1.46. The monoisotopic (exact) mass is 266 g/mol. The molecule has 0 saturated heterocycles. The third-order valence-corrected chi connectivity index (χ3v) is 3.76. The lowest BCUT2D eigenvalue weighted by Gasteiger charge is -2.15. The summed E-state index contributed by atoms with van der Waals surface area (Å²) in [5.74, 6) is 5.47. The van der Waals surface area contributed by atoms with Crippen molar-refractivity contribution in [3.8, 4) is 5.75 Å². The minimum absolute atomic E-state index is 0.0911. The second-order valence-corrected chi connectivity index (χ2v) is 4.85. The molecule has 3 N–H and O–H groups in total. The predicted molar refractivity (Wildman–Crippen MR) is 71.0 cm³/mol. The van der Waals surface area contributed by atoms with Crippen LogP contribution in [0, 0.1) is 5.82 Å². The Morgan fingerprint density at radius 2 is 2.22 bits per heavy atom. The molecule has 0 aliphatic heterocycles. The van der Waals surface area contributed by atoms with Gasteiger partial charge in [0.25, 0.3) is 0 Å². The first kappa shape index (κ1) is 13.0. The van der Waals surface area contributed by atoms with E-state index in [4.69, 9.17) is 10.6 Å². The Labute approximate surface area is 109 Å². The summed E-state index contributed by atoms with van der Waals surface area (Å²) in [6.07, 6.45) is 0.486. The Balaban J connectivity index is 2.22. The number of ether oxygens (including phenoxy) is 1. The molecule has 1 heterocycles. The van der Waals surface area contributed by atoms with Gasteiger partial charge in [-0.15, -0.1) is 11.3 Å². The van der Waals surface area contributed by atoms with Gasteiger partial charge in [-0.2, -0.15) is 0 Å². The number of hydrazine groups is 1. The van der Waals surface area contributed by atoms with Gasteiger partial charge < -0.3 is 4.74 Å². The largest absolute Gasteiger partial charge is 0.494 e. The van der Waals surface area contributed by atoms with Crippen molar-refractivity contribution < 1.29 is 9.13 Å². The summed E-state index contributed by atoms with van der Waals surface area (Å²) in [4.78, 5) is 1.08. The maximum absolute atomic E-state index is 14.0. The predicted octanol–water partition coefficient (Wildman–Crippen LogP) is 2.64. The van der Waals surface area contributed by atoms with E-state index >= 15 is 0 Å². The van der Waals surface area contributed by atoms with Crippen LogP contribution < -0.4 is 16.0 Å². The quantitative estimate of drug-likeness (QED) is 0.646. The van der Waals surface area contributed by atoms with Gasteiger partial charge in [-0.1, -0.05) is 18.2 Å². The molecule has 0 amide bonds. The van der Waals surface area contributed by atoms with Crippen molar-refractivity contribution in [3.63, 3.8) is 0 Å². The van der Waals surface area contributed by atoms with Crippen molar-refractivity contribution in [2.75, 3.05) is 7.11 Å². The molecule has 0 spiro atoms. The lowest BCUT2D eigenvalue weighted by atomic mass is 10.0. The number of benzene rings is 1. The highest BCUT2D eigenvalue weighted by molar-refractivity contribution is 7.10. The van der Waals surface area contributed by atoms with Crippen LogP contribution in [-0.4, -0.2) is 7.11 Å². The molecule has 96 valence electrons. The fourth-order valence-corrected chi connectivity index (χ4v) is 2.61. The minimum Gasteiger partial charge on any atom is -0.494 e. The van der Waals surface area contributed by atoms with E-state index in [1.165, 1.54) is 7.11 Å². The molecular formula is C13H15FN2OS. The molecule has 2 aromatic rings. The van der Waals surface area contributed by atoms with Crippen LogP contribution in [0.25, 0.3) is 0 Å². The zero-order valence-corrected chi connectivity index (χ0v) is 10.8. The van der Waals surface area contributed by atoms with Crippen LogP contribution in [0.15, 0.2) is 35.7 Å². The minimum atomic E-state index is -0.322. The lowest BCUT2D eigenvalue weighted by Crippen LogP contribution is -2.29. The van der Waals surface area contributed by atoms with E-state index in [0.29, 0.717) is 12.0 Å². The first-order valence-electron chi connectivity index (χ1n) is 5.57.